The van der Waals surface area contributed by atoms with Gasteiger partial charge in [0.25, 0.3) is 0 Å². The molecule has 2 aromatic heterocycles. The highest BCUT2D eigenvalue weighted by atomic mass is 16.4. The highest BCUT2D eigenvalue weighted by Gasteiger charge is 2.15. The Balaban J connectivity index is 1.55. The Hall–Kier alpha value is -4.63. The van der Waals surface area contributed by atoms with Gasteiger partial charge < -0.3 is 8.98 Å². The van der Waals surface area contributed by atoms with Crippen molar-refractivity contribution in [2.24, 2.45) is 0 Å². The summed E-state index contributed by atoms with van der Waals surface area (Å²) in [5.41, 5.74) is 5.97. The summed E-state index contributed by atoms with van der Waals surface area (Å²) in [6.45, 7) is 0. The molecule has 0 aliphatic carbocycles. The average molecular weight is 437 g/mol. The van der Waals surface area contributed by atoms with Gasteiger partial charge in [-0.05, 0) is 53.6 Å². The fourth-order valence-corrected chi connectivity index (χ4v) is 5.07. The lowest BCUT2D eigenvalue weighted by molar-refractivity contribution is 0.569. The van der Waals surface area contributed by atoms with Crippen LogP contribution < -0.4 is 5.63 Å². The minimum absolute atomic E-state index is 0.310. The van der Waals surface area contributed by atoms with E-state index in [1.54, 1.807) is 0 Å². The summed E-state index contributed by atoms with van der Waals surface area (Å²) in [5, 5.41) is 4.83. The van der Waals surface area contributed by atoms with Gasteiger partial charge in [-0.2, -0.15) is 0 Å². The van der Waals surface area contributed by atoms with Crippen molar-refractivity contribution in [2.75, 3.05) is 0 Å². The first-order valence-corrected chi connectivity index (χ1v) is 11.3. The van der Waals surface area contributed by atoms with Crippen molar-refractivity contribution in [2.45, 2.75) is 0 Å². The molecule has 7 rings (SSSR count). The third kappa shape index (κ3) is 2.74. The fraction of sp³-hybridized carbons (Fsp3) is 0. The molecule has 3 heteroatoms. The minimum atomic E-state index is -0.310. The zero-order valence-corrected chi connectivity index (χ0v) is 18.2. The van der Waals surface area contributed by atoms with E-state index in [0.717, 1.165) is 27.5 Å². The van der Waals surface area contributed by atoms with Crippen LogP contribution in [0.5, 0.6) is 0 Å². The van der Waals surface area contributed by atoms with Crippen LogP contribution in [0.15, 0.2) is 124 Å². The Morgan fingerprint density at radius 2 is 1.24 bits per heavy atom. The van der Waals surface area contributed by atoms with E-state index in [4.69, 9.17) is 4.42 Å². The molecule has 0 N–H and O–H groups in total. The van der Waals surface area contributed by atoms with E-state index in [1.165, 1.54) is 21.9 Å². The Morgan fingerprint density at radius 3 is 2.12 bits per heavy atom. The van der Waals surface area contributed by atoms with E-state index in [-0.39, 0.29) is 5.63 Å². The molecular weight excluding hydrogens is 418 g/mol. The van der Waals surface area contributed by atoms with Crippen LogP contribution in [-0.4, -0.2) is 4.57 Å². The van der Waals surface area contributed by atoms with Gasteiger partial charge in [0.15, 0.2) is 0 Å². The van der Waals surface area contributed by atoms with Crippen molar-refractivity contribution in [3.63, 3.8) is 0 Å². The van der Waals surface area contributed by atoms with Crippen molar-refractivity contribution < 1.29 is 4.42 Å². The summed E-state index contributed by atoms with van der Waals surface area (Å²) in [6.07, 6.45) is 0. The molecule has 5 aromatic carbocycles. The Kier molecular flexibility index (Phi) is 4.00. The quantitative estimate of drug-likeness (QED) is 0.205. The summed E-state index contributed by atoms with van der Waals surface area (Å²) in [6, 6.07) is 39.3. The lowest BCUT2D eigenvalue weighted by atomic mass is 10.0. The predicted molar refractivity (Wildman–Crippen MR) is 140 cm³/mol. The van der Waals surface area contributed by atoms with Crippen LogP contribution in [-0.2, 0) is 0 Å². The zero-order valence-electron chi connectivity index (χ0n) is 18.2. The molecule has 0 unspecified atom stereocenters. The van der Waals surface area contributed by atoms with Gasteiger partial charge in [0, 0.05) is 27.2 Å². The lowest BCUT2D eigenvalue weighted by Gasteiger charge is -2.10. The highest BCUT2D eigenvalue weighted by molar-refractivity contribution is 6.11. The smallest absolute Gasteiger partial charge is 0.344 e. The molecule has 0 aliphatic rings. The van der Waals surface area contributed by atoms with Crippen LogP contribution in [0.3, 0.4) is 0 Å². The van der Waals surface area contributed by atoms with E-state index >= 15 is 0 Å². The van der Waals surface area contributed by atoms with E-state index in [0.29, 0.717) is 11.0 Å². The molecule has 0 spiro atoms. The second-order valence-electron chi connectivity index (χ2n) is 8.57. The number of hydrogen-bond acceptors (Lipinski definition) is 2. The standard InChI is InChI=1S/C31H19NO2/c33-31-25-16-15-22(19-26(25)24-11-5-7-13-30(24)34-31)32-28-12-6-4-10-23(28)27-18-21(14-17-29(27)32)20-8-2-1-3-9-20/h1-19H. The molecule has 0 radical (unpaired) electrons. The molecule has 0 aliphatic heterocycles. The number of fused-ring (bicyclic) bond motifs is 6. The molecule has 0 atom stereocenters. The molecule has 0 amide bonds. The summed E-state index contributed by atoms with van der Waals surface area (Å²) in [4.78, 5) is 12.6. The van der Waals surface area contributed by atoms with Gasteiger partial charge in [0.1, 0.15) is 5.58 Å². The number of aromatic nitrogens is 1. The van der Waals surface area contributed by atoms with Gasteiger partial charge in [-0.1, -0.05) is 72.8 Å². The Bertz CT molecular complexity index is 1930. The van der Waals surface area contributed by atoms with Crippen LogP contribution in [0.2, 0.25) is 0 Å². The number of benzene rings is 5. The lowest BCUT2D eigenvalue weighted by Crippen LogP contribution is -2.01. The SMILES string of the molecule is O=c1oc2ccccc2c2cc(-n3c4ccccc4c4cc(-c5ccccc5)ccc43)ccc12. The minimum Gasteiger partial charge on any atom is -0.422 e. The van der Waals surface area contributed by atoms with Crippen molar-refractivity contribution in [1.82, 2.24) is 4.57 Å². The maximum Gasteiger partial charge on any atom is 0.344 e. The second kappa shape index (κ2) is 7.19. The molecule has 160 valence electrons. The van der Waals surface area contributed by atoms with Gasteiger partial charge in [0.05, 0.1) is 16.4 Å². The van der Waals surface area contributed by atoms with Crippen LogP contribution in [0.4, 0.5) is 0 Å². The molecule has 2 heterocycles. The van der Waals surface area contributed by atoms with Gasteiger partial charge in [-0.15, -0.1) is 0 Å². The second-order valence-corrected chi connectivity index (χ2v) is 8.57. The first-order chi connectivity index (χ1) is 16.8. The van der Waals surface area contributed by atoms with Crippen molar-refractivity contribution in [3.05, 3.63) is 126 Å². The third-order valence-corrected chi connectivity index (χ3v) is 6.64. The Morgan fingerprint density at radius 1 is 0.500 bits per heavy atom. The number of nitrogens with zero attached hydrogens (tertiary/aromatic N) is 1. The fourth-order valence-electron chi connectivity index (χ4n) is 5.07. The van der Waals surface area contributed by atoms with Crippen LogP contribution in [0.1, 0.15) is 0 Å². The monoisotopic (exact) mass is 437 g/mol. The molecule has 0 saturated carbocycles. The van der Waals surface area contributed by atoms with Crippen LogP contribution in [0.25, 0.3) is 60.4 Å². The normalized spacial score (nSPS) is 11.6. The summed E-state index contributed by atoms with van der Waals surface area (Å²) >= 11 is 0. The van der Waals surface area contributed by atoms with E-state index < -0.39 is 0 Å². The van der Waals surface area contributed by atoms with Gasteiger partial charge in [-0.25, -0.2) is 4.79 Å². The molecule has 3 nitrogen and oxygen atoms in total. The maximum absolute atomic E-state index is 12.6. The number of rotatable bonds is 2. The number of hydrogen-bond donors (Lipinski definition) is 0. The van der Waals surface area contributed by atoms with Gasteiger partial charge in [0.2, 0.25) is 0 Å². The third-order valence-electron chi connectivity index (χ3n) is 6.64. The largest absolute Gasteiger partial charge is 0.422 e. The summed E-state index contributed by atoms with van der Waals surface area (Å²) < 4.78 is 7.82. The average Bonchev–Trinajstić information content (AvgIpc) is 3.23. The summed E-state index contributed by atoms with van der Waals surface area (Å²) in [7, 11) is 0. The first-order valence-electron chi connectivity index (χ1n) is 11.3. The predicted octanol–water partition coefficient (Wildman–Crippen LogP) is 7.71. The van der Waals surface area contributed by atoms with Crippen molar-refractivity contribution >= 4 is 43.5 Å². The maximum atomic E-state index is 12.6. The topological polar surface area (TPSA) is 35.1 Å². The zero-order chi connectivity index (χ0) is 22.6. The van der Waals surface area contributed by atoms with Crippen LogP contribution in [0, 0.1) is 0 Å². The first kappa shape index (κ1) is 18.9. The Labute approximate surface area is 195 Å². The van der Waals surface area contributed by atoms with E-state index in [9.17, 15) is 4.79 Å². The molecule has 0 saturated heterocycles. The molecular formula is C31H19NO2. The van der Waals surface area contributed by atoms with E-state index in [1.807, 2.05) is 42.5 Å². The van der Waals surface area contributed by atoms with E-state index in [2.05, 4.69) is 77.4 Å². The molecule has 0 fully saturated rings. The molecule has 7 aromatic rings. The van der Waals surface area contributed by atoms with Gasteiger partial charge >= 0.3 is 5.63 Å². The highest BCUT2D eigenvalue weighted by Crippen LogP contribution is 2.36. The number of para-hydroxylation sites is 2. The van der Waals surface area contributed by atoms with Crippen molar-refractivity contribution in [3.8, 4) is 16.8 Å². The van der Waals surface area contributed by atoms with Crippen molar-refractivity contribution in [1.29, 1.82) is 0 Å². The molecule has 0 bridgehead atoms. The van der Waals surface area contributed by atoms with Gasteiger partial charge in [-0.3, -0.25) is 0 Å². The van der Waals surface area contributed by atoms with Crippen LogP contribution >= 0.6 is 0 Å². The molecule has 34 heavy (non-hydrogen) atoms. The summed E-state index contributed by atoms with van der Waals surface area (Å²) in [5.74, 6) is 0.